The molecule has 2 amide bonds. The van der Waals surface area contributed by atoms with E-state index in [1.54, 1.807) is 11.0 Å². The van der Waals surface area contributed by atoms with Crippen molar-refractivity contribution in [3.63, 3.8) is 0 Å². The van der Waals surface area contributed by atoms with Gasteiger partial charge in [-0.25, -0.2) is 13.2 Å². The van der Waals surface area contributed by atoms with Crippen LogP contribution in [0.2, 0.25) is 0 Å². The summed E-state index contributed by atoms with van der Waals surface area (Å²) in [6.07, 6.45) is 5.39. The molecule has 0 radical (unpaired) electrons. The summed E-state index contributed by atoms with van der Waals surface area (Å²) in [7, 11) is -3.20. The predicted octanol–water partition coefficient (Wildman–Crippen LogP) is 2.77. The lowest BCUT2D eigenvalue weighted by molar-refractivity contribution is 0.0645. The highest BCUT2D eigenvalue weighted by molar-refractivity contribution is 7.88. The molecule has 0 aliphatic carbocycles. The Kier molecular flexibility index (Phi) is 8.16. The standard InChI is InChI=1S/C23H35N3O5S/c1-17(2)31-23(28)25-12-8-18(9-13-25)5-4-11-24-22(27)20-6-7-21-16-26(32(3,29)30)14-10-19(21)15-20/h6-7,15,17-18H,4-5,8-14,16H2,1-3H3,(H,24,27). The van der Waals surface area contributed by atoms with Gasteiger partial charge in [0.25, 0.3) is 5.91 Å². The van der Waals surface area contributed by atoms with Crippen LogP contribution in [0, 0.1) is 5.92 Å². The van der Waals surface area contributed by atoms with Crippen LogP contribution in [-0.4, -0.2) is 68.2 Å². The highest BCUT2D eigenvalue weighted by atomic mass is 32.2. The zero-order chi connectivity index (χ0) is 23.3. The van der Waals surface area contributed by atoms with Gasteiger partial charge in [0.15, 0.2) is 0 Å². The second kappa shape index (κ2) is 10.7. The summed E-state index contributed by atoms with van der Waals surface area (Å²) in [5, 5.41) is 3.00. The van der Waals surface area contributed by atoms with Crippen molar-refractivity contribution < 1.29 is 22.7 Å². The van der Waals surface area contributed by atoms with Crippen LogP contribution in [0.3, 0.4) is 0 Å². The van der Waals surface area contributed by atoms with Crippen LogP contribution < -0.4 is 5.32 Å². The minimum atomic E-state index is -3.20. The van der Waals surface area contributed by atoms with E-state index < -0.39 is 10.0 Å². The Morgan fingerprint density at radius 2 is 1.88 bits per heavy atom. The van der Waals surface area contributed by atoms with Crippen molar-refractivity contribution in [1.82, 2.24) is 14.5 Å². The number of carbonyl (C=O) groups is 2. The highest BCUT2D eigenvalue weighted by Gasteiger charge is 2.25. The first kappa shape index (κ1) is 24.5. The molecular formula is C23H35N3O5S. The quantitative estimate of drug-likeness (QED) is 0.625. The fourth-order valence-corrected chi connectivity index (χ4v) is 5.12. The number of nitrogens with one attached hydrogen (secondary N) is 1. The molecule has 178 valence electrons. The summed E-state index contributed by atoms with van der Waals surface area (Å²) in [4.78, 5) is 26.3. The van der Waals surface area contributed by atoms with Gasteiger partial charge in [-0.05, 0) is 75.1 Å². The molecule has 2 heterocycles. The van der Waals surface area contributed by atoms with E-state index in [1.807, 2.05) is 26.0 Å². The van der Waals surface area contributed by atoms with Gasteiger partial charge in [-0.1, -0.05) is 6.07 Å². The minimum Gasteiger partial charge on any atom is -0.447 e. The summed E-state index contributed by atoms with van der Waals surface area (Å²) in [5.41, 5.74) is 2.62. The lowest BCUT2D eigenvalue weighted by Gasteiger charge is -2.31. The summed E-state index contributed by atoms with van der Waals surface area (Å²) in [6.45, 7) is 6.61. The molecule has 1 N–H and O–H groups in total. The number of likely N-dealkylation sites (tertiary alicyclic amines) is 1. The topological polar surface area (TPSA) is 96.0 Å². The maximum atomic E-state index is 12.5. The van der Waals surface area contributed by atoms with Crippen molar-refractivity contribution >= 4 is 22.0 Å². The zero-order valence-electron chi connectivity index (χ0n) is 19.3. The van der Waals surface area contributed by atoms with Crippen molar-refractivity contribution in [3.8, 4) is 0 Å². The molecule has 0 bridgehead atoms. The molecule has 8 nitrogen and oxygen atoms in total. The second-order valence-electron chi connectivity index (χ2n) is 9.09. The molecular weight excluding hydrogens is 430 g/mol. The number of amides is 2. The number of carbonyl (C=O) groups excluding carboxylic acids is 2. The largest absolute Gasteiger partial charge is 0.447 e. The number of sulfonamides is 1. The van der Waals surface area contributed by atoms with Gasteiger partial charge >= 0.3 is 6.09 Å². The highest BCUT2D eigenvalue weighted by Crippen LogP contribution is 2.23. The smallest absolute Gasteiger partial charge is 0.410 e. The van der Waals surface area contributed by atoms with Crippen molar-refractivity contribution in [2.45, 2.75) is 58.6 Å². The number of benzene rings is 1. The maximum absolute atomic E-state index is 12.5. The van der Waals surface area contributed by atoms with E-state index in [-0.39, 0.29) is 18.1 Å². The van der Waals surface area contributed by atoms with E-state index in [9.17, 15) is 18.0 Å². The van der Waals surface area contributed by atoms with Gasteiger partial charge in [0.05, 0.1) is 12.4 Å². The average molecular weight is 466 g/mol. The average Bonchev–Trinajstić information content (AvgIpc) is 2.75. The molecule has 1 aromatic rings. The van der Waals surface area contributed by atoms with Crippen LogP contribution in [-0.2, 0) is 27.7 Å². The van der Waals surface area contributed by atoms with Gasteiger partial charge in [0.2, 0.25) is 10.0 Å². The molecule has 0 atom stereocenters. The Morgan fingerprint density at radius 1 is 1.16 bits per heavy atom. The second-order valence-corrected chi connectivity index (χ2v) is 11.1. The molecule has 1 saturated heterocycles. The minimum absolute atomic E-state index is 0.0930. The Morgan fingerprint density at radius 3 is 2.53 bits per heavy atom. The fraction of sp³-hybridized carbons (Fsp3) is 0.652. The Hall–Kier alpha value is -2.13. The van der Waals surface area contributed by atoms with Crippen molar-refractivity contribution in [2.24, 2.45) is 5.92 Å². The number of rotatable bonds is 7. The first-order chi connectivity index (χ1) is 15.1. The van der Waals surface area contributed by atoms with E-state index in [2.05, 4.69) is 5.32 Å². The van der Waals surface area contributed by atoms with Crippen LogP contribution >= 0.6 is 0 Å². The summed E-state index contributed by atoms with van der Waals surface area (Å²) >= 11 is 0. The number of piperidine rings is 1. The number of nitrogens with zero attached hydrogens (tertiary/aromatic N) is 2. The van der Waals surface area contributed by atoms with Gasteiger partial charge in [-0.3, -0.25) is 4.79 Å². The van der Waals surface area contributed by atoms with Crippen molar-refractivity contribution in [3.05, 3.63) is 34.9 Å². The summed E-state index contributed by atoms with van der Waals surface area (Å²) in [6, 6.07) is 5.52. The fourth-order valence-electron chi connectivity index (χ4n) is 4.33. The number of ether oxygens (including phenoxy) is 1. The third kappa shape index (κ3) is 6.68. The Labute approximate surface area is 191 Å². The molecule has 1 fully saturated rings. The molecule has 0 spiro atoms. The normalized spacial score (nSPS) is 17.8. The van der Waals surface area contributed by atoms with Crippen LogP contribution in [0.15, 0.2) is 18.2 Å². The zero-order valence-corrected chi connectivity index (χ0v) is 20.1. The number of hydrogen-bond donors (Lipinski definition) is 1. The van der Waals surface area contributed by atoms with Gasteiger partial charge in [0.1, 0.15) is 0 Å². The van der Waals surface area contributed by atoms with Crippen molar-refractivity contribution in [2.75, 3.05) is 32.4 Å². The maximum Gasteiger partial charge on any atom is 0.410 e. The summed E-state index contributed by atoms with van der Waals surface area (Å²) < 4.78 is 30.2. The molecule has 1 aromatic carbocycles. The van der Waals surface area contributed by atoms with E-state index in [4.69, 9.17) is 4.74 Å². The van der Waals surface area contributed by atoms with Gasteiger partial charge in [-0.2, -0.15) is 4.31 Å². The monoisotopic (exact) mass is 465 g/mol. The SMILES string of the molecule is CC(C)OC(=O)N1CCC(CCCNC(=O)c2ccc3c(c2)CCN(S(C)(=O)=O)C3)CC1. The van der Waals surface area contributed by atoms with Crippen LogP contribution in [0.25, 0.3) is 0 Å². The van der Waals surface area contributed by atoms with E-state index in [0.717, 1.165) is 49.9 Å². The third-order valence-corrected chi connectivity index (χ3v) is 7.45. The predicted molar refractivity (Wildman–Crippen MR) is 123 cm³/mol. The molecule has 0 unspecified atom stereocenters. The van der Waals surface area contributed by atoms with Crippen LogP contribution in [0.1, 0.15) is 61.0 Å². The van der Waals surface area contributed by atoms with Gasteiger partial charge in [-0.15, -0.1) is 0 Å². The first-order valence-corrected chi connectivity index (χ1v) is 13.3. The van der Waals surface area contributed by atoms with E-state index in [0.29, 0.717) is 37.5 Å². The molecule has 2 aliphatic rings. The summed E-state index contributed by atoms with van der Waals surface area (Å²) in [5.74, 6) is 0.473. The lowest BCUT2D eigenvalue weighted by Crippen LogP contribution is -2.39. The van der Waals surface area contributed by atoms with Crippen LogP contribution in [0.5, 0.6) is 0 Å². The van der Waals surface area contributed by atoms with Gasteiger partial charge in [0, 0.05) is 38.3 Å². The van der Waals surface area contributed by atoms with Gasteiger partial charge < -0.3 is 15.0 Å². The molecule has 32 heavy (non-hydrogen) atoms. The van der Waals surface area contributed by atoms with Crippen LogP contribution in [0.4, 0.5) is 4.79 Å². The van der Waals surface area contributed by atoms with Crippen molar-refractivity contribution in [1.29, 1.82) is 0 Å². The first-order valence-electron chi connectivity index (χ1n) is 11.4. The lowest BCUT2D eigenvalue weighted by atomic mass is 9.92. The molecule has 2 aliphatic heterocycles. The molecule has 9 heteroatoms. The molecule has 0 saturated carbocycles. The molecule has 0 aromatic heterocycles. The Bertz CT molecular complexity index is 924. The van der Waals surface area contributed by atoms with E-state index in [1.165, 1.54) is 10.6 Å². The Balaban J connectivity index is 1.39. The molecule has 3 rings (SSSR count). The third-order valence-electron chi connectivity index (χ3n) is 6.20. The number of hydrogen-bond acceptors (Lipinski definition) is 5. The number of fused-ring (bicyclic) bond motifs is 1. The van der Waals surface area contributed by atoms with E-state index >= 15 is 0 Å².